The van der Waals surface area contributed by atoms with Crippen LogP contribution in [0.5, 0.6) is 0 Å². The molecule has 5 aliphatic rings. The first kappa shape index (κ1) is 19.3. The van der Waals surface area contributed by atoms with Gasteiger partial charge in [0.1, 0.15) is 6.67 Å². The van der Waals surface area contributed by atoms with Gasteiger partial charge in [0.05, 0.1) is 11.8 Å². The monoisotopic (exact) mass is 418 g/mol. The fourth-order valence-corrected chi connectivity index (χ4v) is 5.78. The second kappa shape index (κ2) is 6.43. The average Bonchev–Trinajstić information content (AvgIpc) is 3.51. The summed E-state index contributed by atoms with van der Waals surface area (Å²) in [6, 6.07) is 6.27. The van der Waals surface area contributed by atoms with Crippen LogP contribution < -0.4 is 4.90 Å². The highest BCUT2D eigenvalue weighted by atomic mass is 19.4. The number of anilines is 1. The number of hydrogen-bond acceptors (Lipinski definition) is 3. The van der Waals surface area contributed by atoms with Gasteiger partial charge in [-0.3, -0.25) is 24.2 Å². The Kier molecular flexibility index (Phi) is 4.14. The molecule has 0 N–H and O–H groups in total. The Balaban J connectivity index is 1.49. The fourth-order valence-electron chi connectivity index (χ4n) is 5.78. The maximum Gasteiger partial charge on any atom is 0.471 e. The van der Waals surface area contributed by atoms with Gasteiger partial charge in [-0.2, -0.15) is 13.2 Å². The minimum atomic E-state index is -5.12. The molecular formula is C22H21F3N2O3. The van der Waals surface area contributed by atoms with E-state index in [1.807, 2.05) is 12.2 Å². The van der Waals surface area contributed by atoms with Crippen molar-refractivity contribution in [1.29, 1.82) is 0 Å². The van der Waals surface area contributed by atoms with Gasteiger partial charge in [-0.05, 0) is 48.1 Å². The summed E-state index contributed by atoms with van der Waals surface area (Å²) in [5.74, 6) is -3.28. The van der Waals surface area contributed by atoms with E-state index in [1.165, 1.54) is 12.1 Å². The Hall–Kier alpha value is -2.64. The van der Waals surface area contributed by atoms with Gasteiger partial charge in [-0.1, -0.05) is 37.3 Å². The van der Waals surface area contributed by atoms with Crippen molar-refractivity contribution in [3.63, 3.8) is 0 Å². The van der Waals surface area contributed by atoms with Crippen LogP contribution in [-0.4, -0.2) is 35.5 Å². The van der Waals surface area contributed by atoms with Gasteiger partial charge < -0.3 is 0 Å². The number of carbonyl (C=O) groups is 3. The topological polar surface area (TPSA) is 57.7 Å². The lowest BCUT2D eigenvalue weighted by molar-refractivity contribution is -0.171. The number of alkyl halides is 3. The number of carbonyl (C=O) groups excluding carboxylic acids is 3. The van der Waals surface area contributed by atoms with E-state index in [4.69, 9.17) is 0 Å². The summed E-state index contributed by atoms with van der Waals surface area (Å²) < 4.78 is 40.2. The molecule has 158 valence electrons. The normalized spacial score (nSPS) is 33.5. The lowest BCUT2D eigenvalue weighted by Gasteiger charge is -2.37. The number of halogens is 3. The van der Waals surface area contributed by atoms with Crippen LogP contribution in [0.25, 0.3) is 0 Å². The largest absolute Gasteiger partial charge is 0.471 e. The smallest absolute Gasteiger partial charge is 0.286 e. The highest BCUT2D eigenvalue weighted by molar-refractivity contribution is 6.07. The van der Waals surface area contributed by atoms with Gasteiger partial charge in [0, 0.05) is 5.69 Å². The van der Waals surface area contributed by atoms with Crippen molar-refractivity contribution in [2.75, 3.05) is 11.6 Å². The molecule has 6 rings (SSSR count). The summed E-state index contributed by atoms with van der Waals surface area (Å²) in [5.41, 5.74) is 0.608. The molecule has 0 aromatic heterocycles. The predicted octanol–water partition coefficient (Wildman–Crippen LogP) is 3.15. The molecule has 1 heterocycles. The second-order valence-electron chi connectivity index (χ2n) is 8.61. The fraction of sp³-hybridized carbons (Fsp3) is 0.500. The molecule has 0 spiro atoms. The van der Waals surface area contributed by atoms with Crippen LogP contribution in [0.4, 0.5) is 18.9 Å². The molecule has 6 atom stereocenters. The minimum absolute atomic E-state index is 0.0267. The number of aryl methyl sites for hydroxylation is 1. The van der Waals surface area contributed by atoms with Gasteiger partial charge in [-0.15, -0.1) is 0 Å². The van der Waals surface area contributed by atoms with Crippen LogP contribution in [0.15, 0.2) is 36.4 Å². The molecule has 1 saturated heterocycles. The molecule has 4 aliphatic carbocycles. The minimum Gasteiger partial charge on any atom is -0.286 e. The van der Waals surface area contributed by atoms with Crippen LogP contribution in [0.2, 0.25) is 0 Å². The molecule has 1 aromatic rings. The van der Waals surface area contributed by atoms with E-state index in [1.54, 1.807) is 19.1 Å². The maximum absolute atomic E-state index is 13.4. The number of rotatable bonds is 4. The zero-order valence-corrected chi connectivity index (χ0v) is 16.3. The number of imide groups is 1. The number of allylic oxidation sites excluding steroid dienone is 2. The van der Waals surface area contributed by atoms with Crippen molar-refractivity contribution < 1.29 is 27.6 Å². The van der Waals surface area contributed by atoms with Crippen molar-refractivity contribution in [2.24, 2.45) is 35.5 Å². The lowest BCUT2D eigenvalue weighted by atomic mass is 9.63. The first-order valence-electron chi connectivity index (χ1n) is 10.2. The molecule has 3 amide bonds. The van der Waals surface area contributed by atoms with Crippen molar-refractivity contribution in [3.05, 3.63) is 42.0 Å². The molecule has 1 aliphatic heterocycles. The van der Waals surface area contributed by atoms with Gasteiger partial charge >= 0.3 is 12.1 Å². The molecule has 3 fully saturated rings. The molecular weight excluding hydrogens is 397 g/mol. The molecule has 8 heteroatoms. The quantitative estimate of drug-likeness (QED) is 0.558. The molecule has 30 heavy (non-hydrogen) atoms. The molecule has 5 nitrogen and oxygen atoms in total. The highest BCUT2D eigenvalue weighted by Gasteiger charge is 2.67. The Morgan fingerprint density at radius 1 is 1.07 bits per heavy atom. The number of para-hydroxylation sites is 1. The first-order valence-corrected chi connectivity index (χ1v) is 10.2. The van der Waals surface area contributed by atoms with Crippen LogP contribution in [0.3, 0.4) is 0 Å². The summed E-state index contributed by atoms with van der Waals surface area (Å²) >= 11 is 0. The standard InChI is InChI=1S/C22H21F3N2O3/c1-2-11-5-3-4-6-16(11)26(21(30)22(23,24)25)10-27-19(28)17-12-7-8-13(15-9-14(12)15)18(17)20(27)29/h3-8,12-15,17-18H,2,9-10H2,1H3/t12-,13+,14-,15-,17+,18+/m1/s1. The first-order chi connectivity index (χ1) is 14.2. The predicted molar refractivity (Wildman–Crippen MR) is 101 cm³/mol. The number of nitrogens with zero attached hydrogens (tertiary/aromatic N) is 2. The number of likely N-dealkylation sites (tertiary alicyclic amines) is 1. The average molecular weight is 418 g/mol. The Labute approximate surface area is 171 Å². The summed E-state index contributed by atoms with van der Waals surface area (Å²) in [6.07, 6.45) is 0.280. The van der Waals surface area contributed by atoms with E-state index in [2.05, 4.69) is 0 Å². The summed E-state index contributed by atoms with van der Waals surface area (Å²) in [5, 5.41) is 0. The van der Waals surface area contributed by atoms with Crippen LogP contribution >= 0.6 is 0 Å². The van der Waals surface area contributed by atoms with Crippen LogP contribution in [0.1, 0.15) is 18.9 Å². The zero-order valence-electron chi connectivity index (χ0n) is 16.3. The molecule has 2 saturated carbocycles. The molecule has 1 aromatic carbocycles. The van der Waals surface area contributed by atoms with Gasteiger partial charge in [0.2, 0.25) is 11.8 Å². The van der Waals surface area contributed by atoms with E-state index in [0.717, 1.165) is 11.3 Å². The van der Waals surface area contributed by atoms with E-state index in [-0.39, 0.29) is 17.5 Å². The number of benzene rings is 1. The molecule has 0 unspecified atom stereocenters. The third-order valence-electron chi connectivity index (χ3n) is 7.19. The summed E-state index contributed by atoms with van der Waals surface area (Å²) in [7, 11) is 0. The zero-order chi connectivity index (χ0) is 21.4. The van der Waals surface area contributed by atoms with E-state index in [0.29, 0.717) is 28.7 Å². The Morgan fingerprint density at radius 2 is 1.63 bits per heavy atom. The van der Waals surface area contributed by atoms with E-state index < -0.39 is 42.4 Å². The Morgan fingerprint density at radius 3 is 2.17 bits per heavy atom. The second-order valence-corrected chi connectivity index (χ2v) is 8.61. The van der Waals surface area contributed by atoms with E-state index >= 15 is 0 Å². The van der Waals surface area contributed by atoms with Crippen LogP contribution in [0, 0.1) is 35.5 Å². The van der Waals surface area contributed by atoms with Crippen molar-refractivity contribution in [2.45, 2.75) is 25.9 Å². The lowest BCUT2D eigenvalue weighted by Crippen LogP contribution is -2.49. The number of amides is 3. The SMILES string of the molecule is CCc1ccccc1N(CN1C(=O)[C@H]2[C@@H]3C=C[C@@H]([C@H]4C[C@H]34)[C@@H]2C1=O)C(=O)C(F)(F)F. The highest BCUT2D eigenvalue weighted by Crippen LogP contribution is 2.65. The number of hydrogen-bond donors (Lipinski definition) is 0. The van der Waals surface area contributed by atoms with E-state index in [9.17, 15) is 27.6 Å². The maximum atomic E-state index is 13.4. The van der Waals surface area contributed by atoms with Crippen LogP contribution in [-0.2, 0) is 20.8 Å². The third kappa shape index (κ3) is 2.65. The third-order valence-corrected chi connectivity index (χ3v) is 7.19. The summed E-state index contributed by atoms with van der Waals surface area (Å²) in [4.78, 5) is 40.0. The molecule has 2 bridgehead atoms. The van der Waals surface area contributed by atoms with Gasteiger partial charge in [0.25, 0.3) is 0 Å². The van der Waals surface area contributed by atoms with Crippen molar-refractivity contribution in [1.82, 2.24) is 4.90 Å². The molecule has 0 radical (unpaired) electrons. The Bertz CT molecular complexity index is 937. The van der Waals surface area contributed by atoms with Crippen molar-refractivity contribution in [3.8, 4) is 0 Å². The van der Waals surface area contributed by atoms with Gasteiger partial charge in [0.15, 0.2) is 0 Å². The van der Waals surface area contributed by atoms with Gasteiger partial charge in [-0.25, -0.2) is 0 Å². The van der Waals surface area contributed by atoms with Crippen molar-refractivity contribution >= 4 is 23.4 Å². The summed E-state index contributed by atoms with van der Waals surface area (Å²) in [6.45, 7) is 1.06.